The van der Waals surface area contributed by atoms with Crippen molar-refractivity contribution in [2.24, 2.45) is 4.99 Å². The monoisotopic (exact) mass is 291 g/mol. The van der Waals surface area contributed by atoms with Gasteiger partial charge in [0, 0.05) is 18.1 Å². The lowest BCUT2D eigenvalue weighted by molar-refractivity contribution is -0.130. The maximum Gasteiger partial charge on any atom is 0.363 e. The number of esters is 1. The van der Waals surface area contributed by atoms with Gasteiger partial charge in [-0.2, -0.15) is 0 Å². The Balaban J connectivity index is 2.48. The van der Waals surface area contributed by atoms with Crippen molar-refractivity contribution in [3.05, 3.63) is 23.4 Å². The molecule has 0 bridgehead atoms. The summed E-state index contributed by atoms with van der Waals surface area (Å²) in [6.07, 6.45) is 2.16. The van der Waals surface area contributed by atoms with Gasteiger partial charge in [0.2, 0.25) is 0 Å². The van der Waals surface area contributed by atoms with Crippen LogP contribution in [0, 0.1) is 0 Å². The molecule has 1 aromatic rings. The SMILES string of the molecule is CCC1=N/C(=C\c2cc(OC)c(OC)cc2OC)C(=O)O1. The van der Waals surface area contributed by atoms with Crippen LogP contribution in [0.3, 0.4) is 0 Å². The van der Waals surface area contributed by atoms with E-state index in [0.717, 1.165) is 0 Å². The van der Waals surface area contributed by atoms with Gasteiger partial charge < -0.3 is 18.9 Å². The van der Waals surface area contributed by atoms with Crippen LogP contribution < -0.4 is 14.2 Å². The van der Waals surface area contributed by atoms with E-state index < -0.39 is 5.97 Å². The molecule has 1 aromatic carbocycles. The number of aliphatic imine (C=N–C) groups is 1. The Morgan fingerprint density at radius 1 is 1.10 bits per heavy atom. The van der Waals surface area contributed by atoms with E-state index in [1.54, 1.807) is 32.4 Å². The Hall–Kier alpha value is -2.50. The van der Waals surface area contributed by atoms with E-state index in [1.165, 1.54) is 7.11 Å². The van der Waals surface area contributed by atoms with Gasteiger partial charge >= 0.3 is 5.97 Å². The third-order valence-corrected chi connectivity index (χ3v) is 3.00. The highest BCUT2D eigenvalue weighted by atomic mass is 16.6. The molecule has 1 aliphatic rings. The Morgan fingerprint density at radius 2 is 1.71 bits per heavy atom. The van der Waals surface area contributed by atoms with Gasteiger partial charge in [-0.15, -0.1) is 0 Å². The molecule has 112 valence electrons. The highest BCUT2D eigenvalue weighted by Crippen LogP contribution is 2.36. The number of hydrogen-bond donors (Lipinski definition) is 0. The molecule has 0 aromatic heterocycles. The fourth-order valence-corrected chi connectivity index (χ4v) is 1.92. The van der Waals surface area contributed by atoms with Crippen molar-refractivity contribution in [1.82, 2.24) is 0 Å². The molecule has 2 rings (SSSR count). The zero-order chi connectivity index (χ0) is 15.4. The van der Waals surface area contributed by atoms with Crippen molar-refractivity contribution < 1.29 is 23.7 Å². The van der Waals surface area contributed by atoms with E-state index >= 15 is 0 Å². The van der Waals surface area contributed by atoms with Crippen molar-refractivity contribution in [3.63, 3.8) is 0 Å². The average Bonchev–Trinajstić information content (AvgIpc) is 2.87. The molecule has 6 heteroatoms. The molecule has 0 unspecified atom stereocenters. The summed E-state index contributed by atoms with van der Waals surface area (Å²) < 4.78 is 20.8. The van der Waals surface area contributed by atoms with Gasteiger partial charge in [0.1, 0.15) is 5.75 Å². The Labute approximate surface area is 123 Å². The summed E-state index contributed by atoms with van der Waals surface area (Å²) >= 11 is 0. The van der Waals surface area contributed by atoms with Crippen LogP contribution in [0.2, 0.25) is 0 Å². The number of carbonyl (C=O) groups excluding carboxylic acids is 1. The molecule has 0 atom stereocenters. The molecule has 0 N–H and O–H groups in total. The second-order valence-electron chi connectivity index (χ2n) is 4.23. The number of benzene rings is 1. The van der Waals surface area contributed by atoms with Crippen molar-refractivity contribution in [2.45, 2.75) is 13.3 Å². The zero-order valence-electron chi connectivity index (χ0n) is 12.4. The third kappa shape index (κ3) is 2.99. The molecular weight excluding hydrogens is 274 g/mol. The lowest BCUT2D eigenvalue weighted by Gasteiger charge is -2.12. The number of hydrogen-bond acceptors (Lipinski definition) is 6. The maximum atomic E-state index is 11.7. The zero-order valence-corrected chi connectivity index (χ0v) is 12.4. The molecule has 21 heavy (non-hydrogen) atoms. The number of nitrogens with zero attached hydrogens (tertiary/aromatic N) is 1. The molecule has 6 nitrogen and oxygen atoms in total. The minimum atomic E-state index is -0.469. The summed E-state index contributed by atoms with van der Waals surface area (Å²) in [5.41, 5.74) is 0.889. The van der Waals surface area contributed by atoms with Gasteiger partial charge in [0.15, 0.2) is 23.1 Å². The molecule has 0 radical (unpaired) electrons. The molecule has 0 amide bonds. The summed E-state index contributed by atoms with van der Waals surface area (Å²) in [5, 5.41) is 0. The van der Waals surface area contributed by atoms with Gasteiger partial charge in [-0.1, -0.05) is 6.92 Å². The minimum Gasteiger partial charge on any atom is -0.496 e. The average molecular weight is 291 g/mol. The lowest BCUT2D eigenvalue weighted by Crippen LogP contribution is -2.02. The van der Waals surface area contributed by atoms with Crippen LogP contribution in [-0.4, -0.2) is 33.2 Å². The summed E-state index contributed by atoms with van der Waals surface area (Å²) in [4.78, 5) is 15.9. The molecule has 0 spiro atoms. The quantitative estimate of drug-likeness (QED) is 0.615. The van der Waals surface area contributed by atoms with Gasteiger partial charge in [-0.3, -0.25) is 0 Å². The predicted octanol–water partition coefficient (Wildman–Crippen LogP) is 2.42. The van der Waals surface area contributed by atoms with Crippen molar-refractivity contribution in [3.8, 4) is 17.2 Å². The van der Waals surface area contributed by atoms with E-state index in [0.29, 0.717) is 35.1 Å². The third-order valence-electron chi connectivity index (χ3n) is 3.00. The number of methoxy groups -OCH3 is 3. The van der Waals surface area contributed by atoms with Crippen molar-refractivity contribution >= 4 is 17.9 Å². The smallest absolute Gasteiger partial charge is 0.363 e. The molecule has 0 saturated heterocycles. The van der Waals surface area contributed by atoms with Crippen molar-refractivity contribution in [2.75, 3.05) is 21.3 Å². The first-order chi connectivity index (χ1) is 10.1. The highest BCUT2D eigenvalue weighted by molar-refractivity contribution is 6.07. The topological polar surface area (TPSA) is 66.3 Å². The number of ether oxygens (including phenoxy) is 4. The summed E-state index contributed by atoms with van der Waals surface area (Å²) in [6.45, 7) is 1.87. The second kappa shape index (κ2) is 6.30. The second-order valence-corrected chi connectivity index (χ2v) is 4.23. The van der Waals surface area contributed by atoms with Crippen LogP contribution >= 0.6 is 0 Å². The van der Waals surface area contributed by atoms with Crippen LogP contribution in [-0.2, 0) is 9.53 Å². The van der Waals surface area contributed by atoms with Crippen molar-refractivity contribution in [1.29, 1.82) is 0 Å². The first-order valence-electron chi connectivity index (χ1n) is 6.44. The number of rotatable bonds is 5. The van der Waals surface area contributed by atoms with E-state index in [-0.39, 0.29) is 5.70 Å². The molecule has 0 fully saturated rings. The van der Waals surface area contributed by atoms with Gasteiger partial charge in [-0.05, 0) is 12.1 Å². The summed E-state index contributed by atoms with van der Waals surface area (Å²) in [5.74, 6) is 1.57. The Bertz CT molecular complexity index is 619. The molecular formula is C15H17NO5. The largest absolute Gasteiger partial charge is 0.496 e. The maximum absolute atomic E-state index is 11.7. The number of carbonyl (C=O) groups is 1. The first-order valence-corrected chi connectivity index (χ1v) is 6.44. The van der Waals surface area contributed by atoms with Crippen LogP contribution in [0.1, 0.15) is 18.9 Å². The number of cyclic esters (lactones) is 1. The first kappa shape index (κ1) is 14.9. The molecule has 1 heterocycles. The fraction of sp³-hybridized carbons (Fsp3) is 0.333. The fourth-order valence-electron chi connectivity index (χ4n) is 1.92. The van der Waals surface area contributed by atoms with E-state index in [4.69, 9.17) is 18.9 Å². The molecule has 0 saturated carbocycles. The molecule has 1 aliphatic heterocycles. The van der Waals surface area contributed by atoms with E-state index in [9.17, 15) is 4.79 Å². The van der Waals surface area contributed by atoms with Crippen LogP contribution in [0.5, 0.6) is 17.2 Å². The highest BCUT2D eigenvalue weighted by Gasteiger charge is 2.22. The molecule has 0 aliphatic carbocycles. The Morgan fingerprint density at radius 3 is 2.24 bits per heavy atom. The predicted molar refractivity (Wildman–Crippen MR) is 77.9 cm³/mol. The van der Waals surface area contributed by atoms with E-state index in [1.807, 2.05) is 6.92 Å². The van der Waals surface area contributed by atoms with Crippen LogP contribution in [0.4, 0.5) is 0 Å². The van der Waals surface area contributed by atoms with Gasteiger partial charge in [0.05, 0.1) is 21.3 Å². The van der Waals surface area contributed by atoms with Gasteiger partial charge in [-0.25, -0.2) is 9.79 Å². The summed E-state index contributed by atoms with van der Waals surface area (Å²) in [7, 11) is 4.62. The van der Waals surface area contributed by atoms with Gasteiger partial charge in [0.25, 0.3) is 0 Å². The lowest BCUT2D eigenvalue weighted by atomic mass is 10.1. The van der Waals surface area contributed by atoms with E-state index in [2.05, 4.69) is 4.99 Å². The Kier molecular flexibility index (Phi) is 4.47. The standard InChI is InChI=1S/C15H17NO5/c1-5-14-16-10(15(17)21-14)6-9-7-12(19-3)13(20-4)8-11(9)18-2/h6-8H,5H2,1-4H3/b10-6-. The minimum absolute atomic E-state index is 0.234. The summed E-state index contributed by atoms with van der Waals surface area (Å²) in [6, 6.07) is 3.41. The van der Waals surface area contributed by atoms with Crippen LogP contribution in [0.15, 0.2) is 22.8 Å². The van der Waals surface area contributed by atoms with Crippen LogP contribution in [0.25, 0.3) is 6.08 Å². The normalized spacial score (nSPS) is 15.7.